The van der Waals surface area contributed by atoms with Gasteiger partial charge < -0.3 is 10.0 Å². The number of hydrogen-bond acceptors (Lipinski definition) is 2. The molecule has 3 heteroatoms. The summed E-state index contributed by atoms with van der Waals surface area (Å²) in [6, 6.07) is 8.43. The lowest BCUT2D eigenvalue weighted by molar-refractivity contribution is -0.133. The molecule has 1 aromatic carbocycles. The topological polar surface area (TPSA) is 40.5 Å². The van der Waals surface area contributed by atoms with Gasteiger partial charge in [0.1, 0.15) is 0 Å². The van der Waals surface area contributed by atoms with Gasteiger partial charge in [0.2, 0.25) is 5.91 Å². The highest BCUT2D eigenvalue weighted by Gasteiger charge is 2.20. The molecule has 1 aromatic rings. The first-order valence-electron chi connectivity index (χ1n) is 7.78. The van der Waals surface area contributed by atoms with Gasteiger partial charge in [0.05, 0.1) is 6.10 Å². The lowest BCUT2D eigenvalue weighted by Gasteiger charge is -2.29. The molecular formula is C18H25NO2. The number of piperidine rings is 1. The molecule has 1 saturated heterocycles. The first kappa shape index (κ1) is 15.8. The van der Waals surface area contributed by atoms with Gasteiger partial charge in [-0.25, -0.2) is 0 Å². The number of rotatable bonds is 4. The molecule has 1 N–H and O–H groups in total. The fraction of sp³-hybridized carbons (Fsp3) is 0.500. The average molecular weight is 287 g/mol. The van der Waals surface area contributed by atoms with E-state index in [-0.39, 0.29) is 12.0 Å². The zero-order valence-corrected chi connectivity index (χ0v) is 13.0. The summed E-state index contributed by atoms with van der Waals surface area (Å²) in [5, 5.41) is 9.59. The van der Waals surface area contributed by atoms with Gasteiger partial charge in [-0.15, -0.1) is 0 Å². The van der Waals surface area contributed by atoms with Crippen LogP contribution in [0, 0.1) is 0 Å². The Balaban J connectivity index is 1.85. The summed E-state index contributed by atoms with van der Waals surface area (Å²) in [4.78, 5) is 13.8. The summed E-state index contributed by atoms with van der Waals surface area (Å²) in [6.07, 6.45) is 5.65. The molecule has 1 heterocycles. The van der Waals surface area contributed by atoms with E-state index >= 15 is 0 Å². The van der Waals surface area contributed by atoms with E-state index in [1.165, 1.54) is 5.56 Å². The van der Waals surface area contributed by atoms with Gasteiger partial charge in [-0.2, -0.15) is 0 Å². The van der Waals surface area contributed by atoms with Crippen molar-refractivity contribution >= 4 is 12.0 Å². The maximum atomic E-state index is 12.0. The molecule has 1 aliphatic heterocycles. The molecule has 0 aromatic heterocycles. The van der Waals surface area contributed by atoms with Gasteiger partial charge in [-0.3, -0.25) is 4.79 Å². The van der Waals surface area contributed by atoms with E-state index in [0.717, 1.165) is 24.9 Å². The maximum Gasteiger partial charge on any atom is 0.226 e. The number of aliphatic hydroxyl groups excluding tert-OH is 1. The molecule has 0 radical (unpaired) electrons. The summed E-state index contributed by atoms with van der Waals surface area (Å²) >= 11 is 0. The van der Waals surface area contributed by atoms with E-state index < -0.39 is 0 Å². The predicted octanol–water partition coefficient (Wildman–Crippen LogP) is 3.20. The Hall–Kier alpha value is -1.61. The second-order valence-electron chi connectivity index (χ2n) is 6.06. The molecule has 0 bridgehead atoms. The van der Waals surface area contributed by atoms with E-state index in [9.17, 15) is 9.90 Å². The number of likely N-dealkylation sites (tertiary alicyclic amines) is 1. The summed E-state index contributed by atoms with van der Waals surface area (Å²) < 4.78 is 0. The largest absolute Gasteiger partial charge is 0.391 e. The maximum absolute atomic E-state index is 12.0. The van der Waals surface area contributed by atoms with Crippen molar-refractivity contribution in [3.05, 3.63) is 41.5 Å². The quantitative estimate of drug-likeness (QED) is 0.924. The zero-order chi connectivity index (χ0) is 15.2. The third-order valence-corrected chi connectivity index (χ3v) is 3.96. The highest BCUT2D eigenvalue weighted by Crippen LogP contribution is 2.16. The highest BCUT2D eigenvalue weighted by molar-refractivity contribution is 5.78. The molecule has 0 aliphatic carbocycles. The number of carbonyl (C=O) groups excluding carboxylic acids is 1. The molecule has 21 heavy (non-hydrogen) atoms. The average Bonchev–Trinajstić information content (AvgIpc) is 2.47. The molecule has 1 atom stereocenters. The standard InChI is InChI=1S/C18H25NO2/c1-14(2)16-10-8-15(9-11-16)5-3-7-18(21)19-12-4-6-17(20)13-19/h3,5,8-11,14,17,20H,4,6-7,12-13H2,1-2H3/b5-3+. The molecule has 1 unspecified atom stereocenters. The zero-order valence-electron chi connectivity index (χ0n) is 13.0. The number of amides is 1. The molecule has 2 rings (SSSR count). The molecule has 114 valence electrons. The second-order valence-corrected chi connectivity index (χ2v) is 6.06. The van der Waals surface area contributed by atoms with Crippen molar-refractivity contribution in [2.75, 3.05) is 13.1 Å². The van der Waals surface area contributed by atoms with Crippen LogP contribution in [0.1, 0.15) is 50.2 Å². The van der Waals surface area contributed by atoms with Crippen molar-refractivity contribution in [3.63, 3.8) is 0 Å². The number of aliphatic hydroxyl groups is 1. The van der Waals surface area contributed by atoms with Crippen LogP contribution in [0.2, 0.25) is 0 Å². The Morgan fingerprint density at radius 1 is 1.38 bits per heavy atom. The van der Waals surface area contributed by atoms with Gasteiger partial charge in [-0.05, 0) is 29.9 Å². The van der Waals surface area contributed by atoms with Crippen LogP contribution in [0.25, 0.3) is 6.08 Å². The fourth-order valence-electron chi connectivity index (χ4n) is 2.60. The van der Waals surface area contributed by atoms with Crippen molar-refractivity contribution in [2.24, 2.45) is 0 Å². The lowest BCUT2D eigenvalue weighted by Crippen LogP contribution is -2.41. The molecule has 1 aliphatic rings. The minimum absolute atomic E-state index is 0.101. The monoisotopic (exact) mass is 287 g/mol. The third-order valence-electron chi connectivity index (χ3n) is 3.96. The number of carbonyl (C=O) groups is 1. The van der Waals surface area contributed by atoms with E-state index in [1.54, 1.807) is 4.90 Å². The fourth-order valence-corrected chi connectivity index (χ4v) is 2.60. The van der Waals surface area contributed by atoms with Gasteiger partial charge in [-0.1, -0.05) is 50.3 Å². The van der Waals surface area contributed by atoms with Crippen LogP contribution in [0.3, 0.4) is 0 Å². The van der Waals surface area contributed by atoms with Crippen LogP contribution in [0.4, 0.5) is 0 Å². The van der Waals surface area contributed by atoms with Crippen molar-refractivity contribution in [2.45, 2.75) is 45.1 Å². The van der Waals surface area contributed by atoms with Crippen LogP contribution in [0.5, 0.6) is 0 Å². The van der Waals surface area contributed by atoms with E-state index in [4.69, 9.17) is 0 Å². The predicted molar refractivity (Wildman–Crippen MR) is 86.0 cm³/mol. The minimum Gasteiger partial charge on any atom is -0.391 e. The summed E-state index contributed by atoms with van der Waals surface area (Å²) in [5.41, 5.74) is 2.44. The Labute approximate surface area is 127 Å². The molecular weight excluding hydrogens is 262 g/mol. The second kappa shape index (κ2) is 7.41. The normalized spacial score (nSPS) is 19.4. The van der Waals surface area contributed by atoms with Gasteiger partial charge in [0.15, 0.2) is 0 Å². The number of benzene rings is 1. The Bertz CT molecular complexity index is 490. The number of nitrogens with zero attached hydrogens (tertiary/aromatic N) is 1. The third kappa shape index (κ3) is 4.71. The van der Waals surface area contributed by atoms with Crippen LogP contribution in [0.15, 0.2) is 30.3 Å². The molecule has 3 nitrogen and oxygen atoms in total. The number of β-amino-alcohol motifs (C(OH)–C–C–N with tert-alkyl or cyclic N) is 1. The Kier molecular flexibility index (Phi) is 5.57. The van der Waals surface area contributed by atoms with Gasteiger partial charge in [0, 0.05) is 19.5 Å². The minimum atomic E-state index is -0.352. The number of hydrogen-bond donors (Lipinski definition) is 1. The van der Waals surface area contributed by atoms with Crippen LogP contribution in [-0.4, -0.2) is 35.1 Å². The SMILES string of the molecule is CC(C)c1ccc(/C=C/CC(=O)N2CCCC(O)C2)cc1. The molecule has 0 saturated carbocycles. The van der Waals surface area contributed by atoms with E-state index in [1.807, 2.05) is 12.2 Å². The van der Waals surface area contributed by atoms with Gasteiger partial charge in [0.25, 0.3) is 0 Å². The Morgan fingerprint density at radius 2 is 2.10 bits per heavy atom. The van der Waals surface area contributed by atoms with Crippen molar-refractivity contribution in [1.82, 2.24) is 4.90 Å². The summed E-state index contributed by atoms with van der Waals surface area (Å²) in [7, 11) is 0. The first-order valence-corrected chi connectivity index (χ1v) is 7.78. The lowest BCUT2D eigenvalue weighted by atomic mass is 10.0. The summed E-state index contributed by atoms with van der Waals surface area (Å²) in [6.45, 7) is 5.61. The van der Waals surface area contributed by atoms with Crippen molar-refractivity contribution < 1.29 is 9.90 Å². The highest BCUT2D eigenvalue weighted by atomic mass is 16.3. The van der Waals surface area contributed by atoms with E-state index in [2.05, 4.69) is 38.1 Å². The van der Waals surface area contributed by atoms with Crippen LogP contribution < -0.4 is 0 Å². The van der Waals surface area contributed by atoms with Gasteiger partial charge >= 0.3 is 0 Å². The van der Waals surface area contributed by atoms with Crippen molar-refractivity contribution in [3.8, 4) is 0 Å². The summed E-state index contributed by atoms with van der Waals surface area (Å²) in [5.74, 6) is 0.638. The van der Waals surface area contributed by atoms with E-state index in [0.29, 0.717) is 18.9 Å². The molecule has 0 spiro atoms. The van der Waals surface area contributed by atoms with Crippen LogP contribution >= 0.6 is 0 Å². The Morgan fingerprint density at radius 3 is 2.71 bits per heavy atom. The molecule has 1 fully saturated rings. The smallest absolute Gasteiger partial charge is 0.226 e. The first-order chi connectivity index (χ1) is 10.1. The van der Waals surface area contributed by atoms with Crippen LogP contribution in [-0.2, 0) is 4.79 Å². The van der Waals surface area contributed by atoms with Crippen molar-refractivity contribution in [1.29, 1.82) is 0 Å². The molecule has 1 amide bonds.